The third kappa shape index (κ3) is 3.13. The average Bonchev–Trinajstić information content (AvgIpc) is 3.29. The van der Waals surface area contributed by atoms with E-state index in [9.17, 15) is 0 Å². The molecule has 3 atom stereocenters. The lowest BCUT2D eigenvalue weighted by molar-refractivity contribution is -0.147. The zero-order valence-corrected chi connectivity index (χ0v) is 16.8. The second-order valence-corrected chi connectivity index (χ2v) is 8.79. The fraction of sp³-hybridized carbons (Fsp3) is 0.304. The van der Waals surface area contributed by atoms with Crippen LogP contribution in [0.4, 0.5) is 0 Å². The highest BCUT2D eigenvalue weighted by Gasteiger charge is 2.55. The number of fused-ring (bicyclic) bond motifs is 1. The molecule has 0 radical (unpaired) electrons. The van der Waals surface area contributed by atoms with Gasteiger partial charge in [-0.2, -0.15) is 11.3 Å². The Morgan fingerprint density at radius 1 is 1.00 bits per heavy atom. The van der Waals surface area contributed by atoms with Crippen molar-refractivity contribution in [3.05, 3.63) is 89.3 Å². The SMILES string of the molecule is CN1CCC2(c3ccccc3)OB(c3cccs3)OC(c3ccccc3)C2C1. The molecule has 5 rings (SSSR count). The quantitative estimate of drug-likeness (QED) is 0.631. The van der Waals surface area contributed by atoms with Crippen molar-refractivity contribution in [1.82, 2.24) is 4.90 Å². The molecule has 142 valence electrons. The largest absolute Gasteiger partial charge is 0.505 e. The number of hydrogen-bond donors (Lipinski definition) is 0. The molecule has 0 bridgehead atoms. The number of nitrogens with zero attached hydrogens (tertiary/aromatic N) is 1. The third-order valence-corrected chi connectivity index (χ3v) is 6.99. The van der Waals surface area contributed by atoms with Crippen molar-refractivity contribution in [3.63, 3.8) is 0 Å². The predicted molar refractivity (Wildman–Crippen MR) is 115 cm³/mol. The maximum Gasteiger partial charge on any atom is 0.505 e. The van der Waals surface area contributed by atoms with Gasteiger partial charge in [0.25, 0.3) is 0 Å². The van der Waals surface area contributed by atoms with Gasteiger partial charge >= 0.3 is 7.12 Å². The van der Waals surface area contributed by atoms with E-state index in [1.165, 1.54) is 11.1 Å². The highest BCUT2D eigenvalue weighted by atomic mass is 32.1. The average molecular weight is 389 g/mol. The summed E-state index contributed by atoms with van der Waals surface area (Å²) in [5.74, 6) is 0.229. The van der Waals surface area contributed by atoms with Crippen molar-refractivity contribution < 1.29 is 9.31 Å². The fourth-order valence-electron chi connectivity index (χ4n) is 4.70. The van der Waals surface area contributed by atoms with Gasteiger partial charge in [0.2, 0.25) is 0 Å². The maximum atomic E-state index is 6.87. The van der Waals surface area contributed by atoms with E-state index in [4.69, 9.17) is 9.31 Å². The van der Waals surface area contributed by atoms with Crippen LogP contribution in [0.5, 0.6) is 0 Å². The molecule has 3 unspecified atom stereocenters. The van der Waals surface area contributed by atoms with E-state index in [0.717, 1.165) is 24.3 Å². The molecule has 1 aromatic heterocycles. The predicted octanol–water partition coefficient (Wildman–Crippen LogP) is 4.08. The van der Waals surface area contributed by atoms with Gasteiger partial charge in [-0.1, -0.05) is 72.8 Å². The Bertz CT molecular complexity index is 905. The minimum Gasteiger partial charge on any atom is -0.399 e. The van der Waals surface area contributed by atoms with Gasteiger partial charge in [-0.25, -0.2) is 0 Å². The van der Waals surface area contributed by atoms with E-state index >= 15 is 0 Å². The summed E-state index contributed by atoms with van der Waals surface area (Å²) in [5.41, 5.74) is 2.15. The molecule has 0 N–H and O–H groups in total. The molecule has 0 spiro atoms. The maximum absolute atomic E-state index is 6.87. The van der Waals surface area contributed by atoms with Crippen molar-refractivity contribution in [1.29, 1.82) is 0 Å². The second-order valence-electron chi connectivity index (χ2n) is 7.81. The van der Waals surface area contributed by atoms with Crippen molar-refractivity contribution in [2.24, 2.45) is 5.92 Å². The molecule has 2 aromatic carbocycles. The normalized spacial score (nSPS) is 28.1. The van der Waals surface area contributed by atoms with Gasteiger partial charge in [0, 0.05) is 23.8 Å². The minimum atomic E-state index is -0.346. The first-order chi connectivity index (χ1) is 13.8. The van der Waals surface area contributed by atoms with Gasteiger partial charge in [-0.3, -0.25) is 0 Å². The second kappa shape index (κ2) is 7.49. The Kier molecular flexibility index (Phi) is 4.85. The van der Waals surface area contributed by atoms with Crippen molar-refractivity contribution >= 4 is 23.2 Å². The smallest absolute Gasteiger partial charge is 0.399 e. The Hall–Kier alpha value is -1.92. The van der Waals surface area contributed by atoms with E-state index in [1.54, 1.807) is 11.3 Å². The van der Waals surface area contributed by atoms with Crippen LogP contribution in [-0.2, 0) is 14.9 Å². The molecule has 0 amide bonds. The van der Waals surface area contributed by atoms with Crippen LogP contribution in [0.25, 0.3) is 0 Å². The first-order valence-corrected chi connectivity index (χ1v) is 10.8. The molecule has 2 aliphatic heterocycles. The van der Waals surface area contributed by atoms with Crippen LogP contribution < -0.4 is 4.78 Å². The standard InChI is InChI=1S/C23H24BNO2S/c1-25-15-14-23(19-11-6-3-7-12-19)20(17-25)22(18-9-4-2-5-10-18)26-24(27-23)21-13-8-16-28-21/h2-13,16,20,22H,14-15,17H2,1H3. The number of likely N-dealkylation sites (tertiary alicyclic amines) is 1. The van der Waals surface area contributed by atoms with Crippen LogP contribution >= 0.6 is 11.3 Å². The summed E-state index contributed by atoms with van der Waals surface area (Å²) in [5, 5.41) is 2.09. The van der Waals surface area contributed by atoms with Crippen LogP contribution in [-0.4, -0.2) is 32.2 Å². The highest BCUT2D eigenvalue weighted by molar-refractivity contribution is 7.20. The molecule has 3 aromatic rings. The van der Waals surface area contributed by atoms with E-state index < -0.39 is 0 Å². The Morgan fingerprint density at radius 3 is 2.46 bits per heavy atom. The lowest BCUT2D eigenvalue weighted by Crippen LogP contribution is -2.61. The van der Waals surface area contributed by atoms with E-state index in [2.05, 4.69) is 90.1 Å². The topological polar surface area (TPSA) is 21.7 Å². The van der Waals surface area contributed by atoms with Crippen LogP contribution in [0.3, 0.4) is 0 Å². The Labute approximate surface area is 171 Å². The fourth-order valence-corrected chi connectivity index (χ4v) is 5.39. The number of thiophene rings is 1. The van der Waals surface area contributed by atoms with Crippen LogP contribution in [0, 0.1) is 5.92 Å². The molecule has 2 aliphatic rings. The monoisotopic (exact) mass is 389 g/mol. The molecule has 3 heterocycles. The lowest BCUT2D eigenvalue weighted by Gasteiger charge is -2.54. The Balaban J connectivity index is 1.64. The summed E-state index contributed by atoms with van der Waals surface area (Å²) in [7, 11) is 1.85. The van der Waals surface area contributed by atoms with Gasteiger partial charge in [0.15, 0.2) is 0 Å². The third-order valence-electron chi connectivity index (χ3n) is 6.09. The van der Waals surface area contributed by atoms with E-state index in [0.29, 0.717) is 0 Å². The Morgan fingerprint density at radius 2 is 1.75 bits per heavy atom. The van der Waals surface area contributed by atoms with Gasteiger partial charge in [0.05, 0.1) is 11.7 Å². The summed E-state index contributed by atoms with van der Waals surface area (Å²) >= 11 is 1.70. The summed E-state index contributed by atoms with van der Waals surface area (Å²) in [4.78, 5) is 2.40. The summed E-state index contributed by atoms with van der Waals surface area (Å²) in [6, 6.07) is 25.6. The number of rotatable bonds is 3. The molecule has 28 heavy (non-hydrogen) atoms. The van der Waals surface area contributed by atoms with Crippen molar-refractivity contribution in [3.8, 4) is 0 Å². The molecule has 0 aliphatic carbocycles. The first kappa shape index (κ1) is 18.1. The number of piperidine rings is 1. The van der Waals surface area contributed by atoms with Gasteiger partial charge in [-0.05, 0) is 30.0 Å². The van der Waals surface area contributed by atoms with E-state index in [-0.39, 0.29) is 24.7 Å². The molecule has 5 heteroatoms. The van der Waals surface area contributed by atoms with E-state index in [1.807, 2.05) is 0 Å². The summed E-state index contributed by atoms with van der Waals surface area (Å²) in [6.07, 6.45) is 0.956. The molecule has 2 fully saturated rings. The molecule has 3 nitrogen and oxygen atoms in total. The zero-order valence-electron chi connectivity index (χ0n) is 16.0. The number of hydrogen-bond acceptors (Lipinski definition) is 4. The zero-order chi connectivity index (χ0) is 19.0. The molecular formula is C23H24BNO2S. The van der Waals surface area contributed by atoms with Crippen LogP contribution in [0.15, 0.2) is 78.2 Å². The lowest BCUT2D eigenvalue weighted by atomic mass is 9.67. The highest BCUT2D eigenvalue weighted by Crippen LogP contribution is 2.51. The summed E-state index contributed by atoms with van der Waals surface area (Å²) in [6.45, 7) is 1.97. The van der Waals surface area contributed by atoms with Gasteiger partial charge in [-0.15, -0.1) is 0 Å². The first-order valence-electron chi connectivity index (χ1n) is 9.92. The van der Waals surface area contributed by atoms with Crippen molar-refractivity contribution in [2.75, 3.05) is 20.1 Å². The molecular weight excluding hydrogens is 365 g/mol. The molecule has 0 saturated carbocycles. The van der Waals surface area contributed by atoms with Crippen LogP contribution in [0.1, 0.15) is 23.7 Å². The number of benzene rings is 2. The minimum absolute atomic E-state index is 0.00925. The molecule has 2 saturated heterocycles. The van der Waals surface area contributed by atoms with Crippen LogP contribution in [0.2, 0.25) is 0 Å². The van der Waals surface area contributed by atoms with Gasteiger partial charge < -0.3 is 14.2 Å². The van der Waals surface area contributed by atoms with Crippen molar-refractivity contribution in [2.45, 2.75) is 18.1 Å². The summed E-state index contributed by atoms with van der Waals surface area (Å²) < 4.78 is 14.6. The van der Waals surface area contributed by atoms with Gasteiger partial charge in [0.1, 0.15) is 0 Å².